The first-order valence-electron chi connectivity index (χ1n) is 4.30. The monoisotopic (exact) mass is 239 g/mol. The quantitative estimate of drug-likeness (QED) is 0.861. The second kappa shape index (κ2) is 5.98. The van der Waals surface area contributed by atoms with Gasteiger partial charge in [-0.2, -0.15) is 0 Å². The summed E-state index contributed by atoms with van der Waals surface area (Å²) in [5.74, 6) is -0.410. The molecule has 0 bridgehead atoms. The maximum absolute atomic E-state index is 13.0. The van der Waals surface area contributed by atoms with Crippen molar-refractivity contribution in [3.8, 4) is 0 Å². The molecule has 0 amide bonds. The normalized spacial score (nSPS) is 12.4. The Kier molecular flexibility index (Phi) is 5.68. The van der Waals surface area contributed by atoms with E-state index in [0.29, 0.717) is 11.1 Å². The van der Waals surface area contributed by atoms with E-state index >= 15 is 0 Å². The Balaban J connectivity index is 0.00000196. The first-order chi connectivity index (χ1) is 6.50. The van der Waals surface area contributed by atoms with Crippen molar-refractivity contribution in [3.05, 3.63) is 35.1 Å². The molecule has 0 heterocycles. The molecule has 1 nitrogen and oxygen atoms in total. The van der Waals surface area contributed by atoms with Gasteiger partial charge in [0.15, 0.2) is 0 Å². The van der Waals surface area contributed by atoms with Crippen molar-refractivity contribution in [2.24, 2.45) is 5.73 Å². The molecule has 2 N–H and O–H groups in total. The van der Waals surface area contributed by atoms with Crippen LogP contribution in [0.2, 0.25) is 0 Å². The average Bonchev–Trinajstić information content (AvgIpc) is 2.08. The van der Waals surface area contributed by atoms with Crippen LogP contribution < -0.4 is 5.73 Å². The topological polar surface area (TPSA) is 26.0 Å². The fourth-order valence-corrected chi connectivity index (χ4v) is 1.17. The lowest BCUT2D eigenvalue weighted by Crippen LogP contribution is -2.14. The average molecular weight is 240 g/mol. The van der Waals surface area contributed by atoms with Gasteiger partial charge in [-0.05, 0) is 24.1 Å². The van der Waals surface area contributed by atoms with Crippen LogP contribution in [0.1, 0.15) is 23.6 Å². The van der Waals surface area contributed by atoms with Crippen molar-refractivity contribution >= 4 is 12.4 Å². The van der Waals surface area contributed by atoms with E-state index < -0.39 is 24.7 Å². The van der Waals surface area contributed by atoms with Gasteiger partial charge in [0.25, 0.3) is 0 Å². The molecule has 15 heavy (non-hydrogen) atoms. The molecule has 1 atom stereocenters. The number of rotatable bonds is 3. The molecule has 0 radical (unpaired) electrons. The van der Waals surface area contributed by atoms with Crippen LogP contribution in [0.15, 0.2) is 18.2 Å². The fourth-order valence-electron chi connectivity index (χ4n) is 1.17. The van der Waals surface area contributed by atoms with Crippen LogP contribution >= 0.6 is 12.4 Å². The van der Waals surface area contributed by atoms with Gasteiger partial charge in [0, 0.05) is 12.5 Å². The maximum atomic E-state index is 13.0. The Hall–Kier alpha value is -0.740. The molecule has 5 heteroatoms. The van der Waals surface area contributed by atoms with E-state index in [0.717, 1.165) is 0 Å². The third-order valence-corrected chi connectivity index (χ3v) is 2.06. The lowest BCUT2D eigenvalue weighted by molar-refractivity contribution is 0.128. The Bertz CT molecular complexity index is 318. The molecular weight excluding hydrogens is 227 g/mol. The van der Waals surface area contributed by atoms with Crippen molar-refractivity contribution in [1.29, 1.82) is 0 Å². The zero-order valence-corrected chi connectivity index (χ0v) is 9.03. The Morgan fingerprint density at radius 2 is 1.93 bits per heavy atom. The second-order valence-electron chi connectivity index (χ2n) is 3.24. The number of halogens is 4. The smallest absolute Gasteiger partial charge is 0.240 e. The summed E-state index contributed by atoms with van der Waals surface area (Å²) in [6.07, 6.45) is -2.91. The summed E-state index contributed by atoms with van der Waals surface area (Å²) < 4.78 is 37.0. The molecule has 0 spiro atoms. The molecule has 0 aliphatic heterocycles. The Morgan fingerprint density at radius 1 is 1.33 bits per heavy atom. The minimum Gasteiger partial charge on any atom is -0.324 e. The van der Waals surface area contributed by atoms with Crippen LogP contribution in [0, 0.1) is 12.7 Å². The molecule has 1 aromatic rings. The van der Waals surface area contributed by atoms with Crippen LogP contribution in [0.5, 0.6) is 0 Å². The van der Waals surface area contributed by atoms with Crippen molar-refractivity contribution in [2.45, 2.75) is 25.8 Å². The van der Waals surface area contributed by atoms with Crippen LogP contribution in [-0.2, 0) is 0 Å². The van der Waals surface area contributed by atoms with Crippen LogP contribution in [0.4, 0.5) is 13.2 Å². The molecule has 0 aliphatic carbocycles. The highest BCUT2D eigenvalue weighted by Gasteiger charge is 2.13. The zero-order chi connectivity index (χ0) is 10.7. The van der Waals surface area contributed by atoms with Crippen molar-refractivity contribution in [1.82, 2.24) is 0 Å². The van der Waals surface area contributed by atoms with Crippen molar-refractivity contribution in [2.75, 3.05) is 0 Å². The lowest BCUT2D eigenvalue weighted by Gasteiger charge is -2.11. The molecule has 1 aromatic carbocycles. The van der Waals surface area contributed by atoms with Crippen molar-refractivity contribution in [3.63, 3.8) is 0 Å². The summed E-state index contributed by atoms with van der Waals surface area (Å²) in [5, 5.41) is 0. The van der Waals surface area contributed by atoms with Gasteiger partial charge in [-0.3, -0.25) is 0 Å². The minimum atomic E-state index is -2.46. The van der Waals surface area contributed by atoms with Crippen LogP contribution in [0.25, 0.3) is 0 Å². The lowest BCUT2D eigenvalue weighted by atomic mass is 10.0. The molecule has 86 valence electrons. The Morgan fingerprint density at radius 3 is 2.40 bits per heavy atom. The van der Waals surface area contributed by atoms with Crippen LogP contribution in [0.3, 0.4) is 0 Å². The summed E-state index contributed by atoms with van der Waals surface area (Å²) in [5.41, 5.74) is 6.36. The van der Waals surface area contributed by atoms with E-state index in [1.807, 2.05) is 0 Å². The predicted molar refractivity (Wildman–Crippen MR) is 55.9 cm³/mol. The fraction of sp³-hybridized carbons (Fsp3) is 0.400. The molecule has 0 saturated heterocycles. The molecule has 0 aliphatic rings. The van der Waals surface area contributed by atoms with Gasteiger partial charge in [0.2, 0.25) is 6.43 Å². The van der Waals surface area contributed by atoms with E-state index in [1.54, 1.807) is 13.0 Å². The summed E-state index contributed by atoms with van der Waals surface area (Å²) in [7, 11) is 0. The maximum Gasteiger partial charge on any atom is 0.240 e. The number of benzene rings is 1. The van der Waals surface area contributed by atoms with E-state index in [-0.39, 0.29) is 12.4 Å². The van der Waals surface area contributed by atoms with E-state index in [2.05, 4.69) is 0 Å². The first-order valence-corrected chi connectivity index (χ1v) is 4.30. The van der Waals surface area contributed by atoms with Gasteiger partial charge in [-0.15, -0.1) is 12.4 Å². The first kappa shape index (κ1) is 14.3. The largest absolute Gasteiger partial charge is 0.324 e. The third-order valence-electron chi connectivity index (χ3n) is 2.06. The van der Waals surface area contributed by atoms with E-state index in [9.17, 15) is 13.2 Å². The summed E-state index contributed by atoms with van der Waals surface area (Å²) in [6.45, 7) is 1.61. The number of alkyl halides is 2. The van der Waals surface area contributed by atoms with E-state index in [1.165, 1.54) is 12.1 Å². The van der Waals surface area contributed by atoms with Gasteiger partial charge >= 0.3 is 0 Å². The Labute approximate surface area is 92.9 Å². The highest BCUT2D eigenvalue weighted by Crippen LogP contribution is 2.20. The summed E-state index contributed by atoms with van der Waals surface area (Å²) in [6, 6.07) is 3.52. The SMILES string of the molecule is Cc1ccc([C@H](N)CC(F)F)cc1F.Cl. The number of hydrogen-bond donors (Lipinski definition) is 1. The molecule has 0 aromatic heterocycles. The van der Waals surface area contributed by atoms with Gasteiger partial charge < -0.3 is 5.73 Å². The summed E-state index contributed by atoms with van der Waals surface area (Å²) in [4.78, 5) is 0. The highest BCUT2D eigenvalue weighted by molar-refractivity contribution is 5.85. The standard InChI is InChI=1S/C10H12F3N.ClH/c1-6-2-3-7(4-8(6)11)9(14)5-10(12)13;/h2-4,9-10H,5,14H2,1H3;1H/t9-;/m1./s1. The second-order valence-corrected chi connectivity index (χ2v) is 3.24. The zero-order valence-electron chi connectivity index (χ0n) is 8.21. The molecular formula is C10H13ClF3N. The summed E-state index contributed by atoms with van der Waals surface area (Å²) >= 11 is 0. The molecule has 0 saturated carbocycles. The minimum absolute atomic E-state index is 0. The number of nitrogens with two attached hydrogens (primary N) is 1. The molecule has 0 unspecified atom stereocenters. The van der Waals surface area contributed by atoms with E-state index in [4.69, 9.17) is 5.73 Å². The van der Waals surface area contributed by atoms with Crippen LogP contribution in [-0.4, -0.2) is 6.43 Å². The molecule has 0 fully saturated rings. The number of hydrogen-bond acceptors (Lipinski definition) is 1. The van der Waals surface area contributed by atoms with Gasteiger partial charge in [-0.25, -0.2) is 13.2 Å². The number of aryl methyl sites for hydroxylation is 1. The molecule has 1 rings (SSSR count). The predicted octanol–water partition coefficient (Wildman–Crippen LogP) is 3.21. The highest BCUT2D eigenvalue weighted by atomic mass is 35.5. The van der Waals surface area contributed by atoms with Gasteiger partial charge in [0.05, 0.1) is 0 Å². The van der Waals surface area contributed by atoms with Gasteiger partial charge in [0.1, 0.15) is 5.82 Å². The van der Waals surface area contributed by atoms with Gasteiger partial charge in [-0.1, -0.05) is 12.1 Å². The third kappa shape index (κ3) is 4.10. The van der Waals surface area contributed by atoms with Crippen molar-refractivity contribution < 1.29 is 13.2 Å².